The molecule has 0 spiro atoms. The highest BCUT2D eigenvalue weighted by atomic mass is 127. The van der Waals surface area contributed by atoms with Gasteiger partial charge in [-0.25, -0.2) is 0 Å². The minimum Gasteiger partial charge on any atom is -0.367 e. The van der Waals surface area contributed by atoms with Crippen LogP contribution >= 0.6 is 34.2 Å². The first-order valence-corrected chi connectivity index (χ1v) is 9.28. The summed E-state index contributed by atoms with van der Waals surface area (Å²) in [4.78, 5) is 17.2. The molecule has 126 valence electrons. The van der Waals surface area contributed by atoms with Crippen LogP contribution in [0.25, 0.3) is 0 Å². The first kappa shape index (κ1) is 17.5. The predicted molar refractivity (Wildman–Crippen MR) is 108 cm³/mol. The molecule has 1 saturated heterocycles. The van der Waals surface area contributed by atoms with Crippen molar-refractivity contribution in [3.05, 3.63) is 56.6 Å². The average molecular weight is 456 g/mol. The SMILES string of the molecule is CN1CCN(c2ccc(Cl)cc2NC(=O)c2cccc(I)c2)CC1. The van der Waals surface area contributed by atoms with E-state index in [1.165, 1.54) is 0 Å². The summed E-state index contributed by atoms with van der Waals surface area (Å²) >= 11 is 8.36. The molecule has 1 fully saturated rings. The van der Waals surface area contributed by atoms with E-state index >= 15 is 0 Å². The van der Waals surface area contributed by atoms with E-state index < -0.39 is 0 Å². The van der Waals surface area contributed by atoms with Crippen molar-refractivity contribution in [1.29, 1.82) is 0 Å². The molecule has 1 aliphatic rings. The maximum absolute atomic E-state index is 12.6. The van der Waals surface area contributed by atoms with Gasteiger partial charge >= 0.3 is 0 Å². The van der Waals surface area contributed by atoms with Gasteiger partial charge in [-0.05, 0) is 66.0 Å². The van der Waals surface area contributed by atoms with E-state index in [1.807, 2.05) is 42.5 Å². The monoisotopic (exact) mass is 455 g/mol. The Hall–Kier alpha value is -1.31. The normalized spacial score (nSPS) is 15.4. The van der Waals surface area contributed by atoms with Gasteiger partial charge in [0.2, 0.25) is 0 Å². The lowest BCUT2D eigenvalue weighted by Crippen LogP contribution is -2.44. The molecule has 2 aromatic rings. The van der Waals surface area contributed by atoms with E-state index in [0.29, 0.717) is 10.6 Å². The highest BCUT2D eigenvalue weighted by Gasteiger charge is 2.18. The van der Waals surface area contributed by atoms with Gasteiger partial charge < -0.3 is 15.1 Å². The molecule has 4 nitrogen and oxygen atoms in total. The van der Waals surface area contributed by atoms with E-state index in [1.54, 1.807) is 0 Å². The number of nitrogens with one attached hydrogen (secondary N) is 1. The zero-order chi connectivity index (χ0) is 17.1. The summed E-state index contributed by atoms with van der Waals surface area (Å²) in [6.45, 7) is 3.88. The fourth-order valence-corrected chi connectivity index (χ4v) is 3.47. The molecule has 24 heavy (non-hydrogen) atoms. The van der Waals surface area contributed by atoms with Gasteiger partial charge in [-0.3, -0.25) is 4.79 Å². The van der Waals surface area contributed by atoms with Crippen LogP contribution in [0.1, 0.15) is 10.4 Å². The molecular formula is C18H19ClIN3O. The fourth-order valence-electron chi connectivity index (χ4n) is 2.76. The number of carbonyl (C=O) groups is 1. The number of hydrogen-bond acceptors (Lipinski definition) is 3. The van der Waals surface area contributed by atoms with Gasteiger partial charge in [0.1, 0.15) is 0 Å². The lowest BCUT2D eigenvalue weighted by atomic mass is 10.2. The zero-order valence-corrected chi connectivity index (χ0v) is 16.3. The Morgan fingerprint density at radius 1 is 1.12 bits per heavy atom. The number of piperazine rings is 1. The van der Waals surface area contributed by atoms with Crippen molar-refractivity contribution in [2.75, 3.05) is 43.4 Å². The maximum Gasteiger partial charge on any atom is 0.255 e. The van der Waals surface area contributed by atoms with Gasteiger partial charge in [0.25, 0.3) is 5.91 Å². The van der Waals surface area contributed by atoms with E-state index in [-0.39, 0.29) is 5.91 Å². The summed E-state index contributed by atoms with van der Waals surface area (Å²) < 4.78 is 1.03. The molecule has 0 unspecified atom stereocenters. The molecule has 2 aromatic carbocycles. The van der Waals surface area contributed by atoms with Gasteiger partial charge in [-0.15, -0.1) is 0 Å². The number of benzene rings is 2. The molecule has 1 heterocycles. The summed E-state index contributed by atoms with van der Waals surface area (Å²) in [6.07, 6.45) is 0. The second kappa shape index (κ2) is 7.72. The Labute approximate surface area is 160 Å². The molecule has 0 aliphatic carbocycles. The lowest BCUT2D eigenvalue weighted by molar-refractivity contribution is 0.102. The number of anilines is 2. The van der Waals surface area contributed by atoms with Crippen LogP contribution in [-0.2, 0) is 0 Å². The van der Waals surface area contributed by atoms with Crippen molar-refractivity contribution < 1.29 is 4.79 Å². The molecule has 1 aliphatic heterocycles. The molecule has 6 heteroatoms. The van der Waals surface area contributed by atoms with Crippen LogP contribution in [0, 0.1) is 3.57 Å². The molecule has 0 saturated carbocycles. The molecule has 0 atom stereocenters. The highest BCUT2D eigenvalue weighted by Crippen LogP contribution is 2.30. The highest BCUT2D eigenvalue weighted by molar-refractivity contribution is 14.1. The summed E-state index contributed by atoms with van der Waals surface area (Å²) in [5.41, 5.74) is 2.42. The third-order valence-electron chi connectivity index (χ3n) is 4.14. The quantitative estimate of drug-likeness (QED) is 0.712. The van der Waals surface area contributed by atoms with Gasteiger partial charge in [0, 0.05) is 40.3 Å². The summed E-state index contributed by atoms with van der Waals surface area (Å²) in [5, 5.41) is 3.64. The van der Waals surface area contributed by atoms with Crippen LogP contribution in [0.4, 0.5) is 11.4 Å². The van der Waals surface area contributed by atoms with Crippen LogP contribution in [0.3, 0.4) is 0 Å². The molecular weight excluding hydrogens is 437 g/mol. The number of likely N-dealkylation sites (N-methyl/N-ethyl adjacent to an activating group) is 1. The molecule has 3 rings (SSSR count). The second-order valence-corrected chi connectivity index (χ2v) is 7.60. The number of carbonyl (C=O) groups excluding carboxylic acids is 1. The molecule has 0 radical (unpaired) electrons. The van der Waals surface area contributed by atoms with Crippen LogP contribution in [-0.4, -0.2) is 44.0 Å². The summed E-state index contributed by atoms with van der Waals surface area (Å²) in [5.74, 6) is -0.119. The van der Waals surface area contributed by atoms with Crippen LogP contribution in [0.2, 0.25) is 5.02 Å². The summed E-state index contributed by atoms with van der Waals surface area (Å²) in [7, 11) is 2.12. The number of amides is 1. The second-order valence-electron chi connectivity index (χ2n) is 5.92. The molecule has 0 bridgehead atoms. The van der Waals surface area contributed by atoms with Crippen molar-refractivity contribution in [2.45, 2.75) is 0 Å². The van der Waals surface area contributed by atoms with Crippen molar-refractivity contribution in [1.82, 2.24) is 4.90 Å². The number of halogens is 2. The Morgan fingerprint density at radius 3 is 2.58 bits per heavy atom. The Balaban J connectivity index is 1.84. The molecule has 0 aromatic heterocycles. The maximum atomic E-state index is 12.6. The number of hydrogen-bond donors (Lipinski definition) is 1. The standard InChI is InChI=1S/C18H19ClIN3O/c1-22-7-9-23(10-8-22)17-6-5-14(19)12-16(17)21-18(24)13-3-2-4-15(20)11-13/h2-6,11-12H,7-10H2,1H3,(H,21,24). The first-order valence-electron chi connectivity index (χ1n) is 7.83. The van der Waals surface area contributed by atoms with E-state index in [9.17, 15) is 4.79 Å². The van der Waals surface area contributed by atoms with Crippen molar-refractivity contribution >= 4 is 51.5 Å². The number of rotatable bonds is 3. The Bertz CT molecular complexity index is 745. The zero-order valence-electron chi connectivity index (χ0n) is 13.4. The Kier molecular flexibility index (Phi) is 5.63. The van der Waals surface area contributed by atoms with Crippen LogP contribution < -0.4 is 10.2 Å². The van der Waals surface area contributed by atoms with Gasteiger partial charge in [0.15, 0.2) is 0 Å². The average Bonchev–Trinajstić information content (AvgIpc) is 2.56. The smallest absolute Gasteiger partial charge is 0.255 e. The van der Waals surface area contributed by atoms with Crippen LogP contribution in [0.5, 0.6) is 0 Å². The third kappa shape index (κ3) is 4.20. The minimum absolute atomic E-state index is 0.119. The van der Waals surface area contributed by atoms with E-state index in [0.717, 1.165) is 41.1 Å². The summed E-state index contributed by atoms with van der Waals surface area (Å²) in [6, 6.07) is 13.2. The van der Waals surface area contributed by atoms with Crippen molar-refractivity contribution in [3.63, 3.8) is 0 Å². The molecule has 1 amide bonds. The van der Waals surface area contributed by atoms with Gasteiger partial charge in [-0.1, -0.05) is 17.7 Å². The third-order valence-corrected chi connectivity index (χ3v) is 5.04. The minimum atomic E-state index is -0.119. The molecule has 1 N–H and O–H groups in total. The predicted octanol–water partition coefficient (Wildman–Crippen LogP) is 3.95. The van der Waals surface area contributed by atoms with E-state index in [2.05, 4.69) is 44.8 Å². The van der Waals surface area contributed by atoms with Crippen molar-refractivity contribution in [3.8, 4) is 0 Å². The lowest BCUT2D eigenvalue weighted by Gasteiger charge is -2.35. The topological polar surface area (TPSA) is 35.6 Å². The largest absolute Gasteiger partial charge is 0.367 e. The van der Waals surface area contributed by atoms with Gasteiger partial charge in [-0.2, -0.15) is 0 Å². The van der Waals surface area contributed by atoms with E-state index in [4.69, 9.17) is 11.6 Å². The van der Waals surface area contributed by atoms with Crippen LogP contribution in [0.15, 0.2) is 42.5 Å². The van der Waals surface area contributed by atoms with Crippen molar-refractivity contribution in [2.24, 2.45) is 0 Å². The van der Waals surface area contributed by atoms with Gasteiger partial charge in [0.05, 0.1) is 11.4 Å². The fraction of sp³-hybridized carbons (Fsp3) is 0.278. The number of nitrogens with zero attached hydrogens (tertiary/aromatic N) is 2. The Morgan fingerprint density at radius 2 is 1.88 bits per heavy atom. The first-order chi connectivity index (χ1) is 11.5.